The minimum absolute atomic E-state index is 0.199. The maximum absolute atomic E-state index is 11.4. The number of hydrogen-bond donors (Lipinski definition) is 1. The molecule has 0 aliphatic heterocycles. The van der Waals surface area contributed by atoms with Gasteiger partial charge in [0.25, 0.3) is 0 Å². The van der Waals surface area contributed by atoms with Crippen molar-refractivity contribution in [3.05, 3.63) is 0 Å². The van der Waals surface area contributed by atoms with E-state index in [9.17, 15) is 4.79 Å². The van der Waals surface area contributed by atoms with Gasteiger partial charge in [0, 0.05) is 7.11 Å². The predicted molar refractivity (Wildman–Crippen MR) is 53.6 cm³/mol. The number of carbonyl (C=O) groups is 1. The molecule has 0 bridgehead atoms. The molecule has 2 N–H and O–H groups in total. The van der Waals surface area contributed by atoms with Crippen molar-refractivity contribution in [3.63, 3.8) is 0 Å². The van der Waals surface area contributed by atoms with Crippen LogP contribution >= 0.6 is 0 Å². The Hall–Kier alpha value is -0.810. The van der Waals surface area contributed by atoms with Gasteiger partial charge >= 0.3 is 6.09 Å². The summed E-state index contributed by atoms with van der Waals surface area (Å²) >= 11 is 0. The Kier molecular flexibility index (Phi) is 4.87. The van der Waals surface area contributed by atoms with Gasteiger partial charge < -0.3 is 9.47 Å². The van der Waals surface area contributed by atoms with Gasteiger partial charge in [-0.15, -0.1) is 0 Å². The summed E-state index contributed by atoms with van der Waals surface area (Å²) in [5.74, 6) is 5.53. The molecule has 0 spiro atoms. The number of hydrogen-bond acceptors (Lipinski definition) is 4. The molecule has 5 nitrogen and oxygen atoms in total. The van der Waals surface area contributed by atoms with E-state index in [2.05, 4.69) is 0 Å². The monoisotopic (exact) mass is 204 g/mol. The fourth-order valence-corrected chi connectivity index (χ4v) is 0.816. The van der Waals surface area contributed by atoms with Gasteiger partial charge in [-0.05, 0) is 27.7 Å². The summed E-state index contributed by atoms with van der Waals surface area (Å²) in [6.07, 6.45) is -0.540. The lowest BCUT2D eigenvalue weighted by molar-refractivity contribution is 0.00816. The molecule has 0 saturated carbocycles. The maximum atomic E-state index is 11.4. The third-order valence-corrected chi connectivity index (χ3v) is 1.49. The highest BCUT2D eigenvalue weighted by Crippen LogP contribution is 2.09. The van der Waals surface area contributed by atoms with Gasteiger partial charge in [0.15, 0.2) is 0 Å². The van der Waals surface area contributed by atoms with Crippen molar-refractivity contribution in [1.29, 1.82) is 0 Å². The van der Waals surface area contributed by atoms with E-state index in [4.69, 9.17) is 15.3 Å². The average Bonchev–Trinajstić information content (AvgIpc) is 2.00. The quantitative estimate of drug-likeness (QED) is 0.425. The first-order chi connectivity index (χ1) is 6.28. The second-order valence-electron chi connectivity index (χ2n) is 4.19. The van der Waals surface area contributed by atoms with E-state index in [0.717, 1.165) is 5.01 Å². The number of nitrogens with two attached hydrogens (primary N) is 1. The summed E-state index contributed by atoms with van der Waals surface area (Å²) in [7, 11) is 1.55. The Labute approximate surface area is 85.1 Å². The molecule has 0 radical (unpaired) electrons. The summed E-state index contributed by atoms with van der Waals surface area (Å²) in [5, 5.41) is 1.04. The van der Waals surface area contributed by atoms with Gasteiger partial charge in [-0.1, -0.05) is 0 Å². The lowest BCUT2D eigenvalue weighted by Crippen LogP contribution is -2.48. The first-order valence-corrected chi connectivity index (χ1v) is 4.53. The van der Waals surface area contributed by atoms with Gasteiger partial charge in [-0.2, -0.15) is 0 Å². The van der Waals surface area contributed by atoms with Crippen LogP contribution in [0.3, 0.4) is 0 Å². The van der Waals surface area contributed by atoms with Crippen molar-refractivity contribution in [1.82, 2.24) is 5.01 Å². The van der Waals surface area contributed by atoms with Crippen LogP contribution in [0.25, 0.3) is 0 Å². The molecule has 0 unspecified atom stereocenters. The fraction of sp³-hybridized carbons (Fsp3) is 0.889. The van der Waals surface area contributed by atoms with Crippen LogP contribution in [0.5, 0.6) is 0 Å². The number of carbonyl (C=O) groups excluding carboxylic acids is 1. The number of methoxy groups -OCH3 is 1. The molecule has 0 fully saturated rings. The highest BCUT2D eigenvalue weighted by atomic mass is 16.6. The first-order valence-electron chi connectivity index (χ1n) is 4.53. The molecular formula is C9H20N2O3. The topological polar surface area (TPSA) is 64.8 Å². The summed E-state index contributed by atoms with van der Waals surface area (Å²) in [5.41, 5.74) is -0.526. The van der Waals surface area contributed by atoms with Crippen LogP contribution in [0, 0.1) is 0 Å². The molecule has 0 aromatic heterocycles. The molecule has 14 heavy (non-hydrogen) atoms. The van der Waals surface area contributed by atoms with Crippen LogP contribution in [-0.4, -0.2) is 36.5 Å². The van der Waals surface area contributed by atoms with Crippen LogP contribution in [0.15, 0.2) is 0 Å². The fourth-order valence-electron chi connectivity index (χ4n) is 0.816. The standard InChI is InChI=1S/C9H20N2O3/c1-7(6-13-5)11(10)8(12)14-9(2,3)4/h7H,6,10H2,1-5H3/t7-/m1/s1. The van der Waals surface area contributed by atoms with Crippen LogP contribution in [0.1, 0.15) is 27.7 Å². The Bertz CT molecular complexity index is 189. The molecule has 5 heteroatoms. The Morgan fingerprint density at radius 1 is 1.50 bits per heavy atom. The molecule has 0 heterocycles. The van der Waals surface area contributed by atoms with Gasteiger partial charge in [0.05, 0.1) is 12.6 Å². The van der Waals surface area contributed by atoms with E-state index in [0.29, 0.717) is 6.61 Å². The average molecular weight is 204 g/mol. The molecule has 1 amide bonds. The normalized spacial score (nSPS) is 13.6. The van der Waals surface area contributed by atoms with Crippen LogP contribution in [0.4, 0.5) is 4.79 Å². The van der Waals surface area contributed by atoms with Crippen molar-refractivity contribution in [3.8, 4) is 0 Å². The van der Waals surface area contributed by atoms with Crippen molar-refractivity contribution < 1.29 is 14.3 Å². The van der Waals surface area contributed by atoms with Gasteiger partial charge in [0.2, 0.25) is 0 Å². The highest BCUT2D eigenvalue weighted by molar-refractivity contribution is 5.67. The predicted octanol–water partition coefficient (Wildman–Crippen LogP) is 1.13. The molecule has 0 aromatic carbocycles. The van der Waals surface area contributed by atoms with Crippen LogP contribution in [-0.2, 0) is 9.47 Å². The van der Waals surface area contributed by atoms with Crippen molar-refractivity contribution in [2.24, 2.45) is 5.84 Å². The SMILES string of the molecule is COC[C@@H](C)N(N)C(=O)OC(C)(C)C. The van der Waals surface area contributed by atoms with Crippen molar-refractivity contribution >= 4 is 6.09 Å². The molecule has 0 aromatic rings. The molecule has 0 aliphatic rings. The van der Waals surface area contributed by atoms with E-state index >= 15 is 0 Å². The third kappa shape index (κ3) is 5.04. The first kappa shape index (κ1) is 13.2. The zero-order valence-corrected chi connectivity index (χ0v) is 9.53. The Balaban J connectivity index is 4.12. The van der Waals surface area contributed by atoms with E-state index in [1.165, 1.54) is 0 Å². The Morgan fingerprint density at radius 2 is 2.00 bits per heavy atom. The zero-order chi connectivity index (χ0) is 11.4. The molecule has 0 rings (SSSR count). The number of hydrazine groups is 1. The molecule has 84 valence electrons. The summed E-state index contributed by atoms with van der Waals surface area (Å²) in [6.45, 7) is 7.54. The minimum Gasteiger partial charge on any atom is -0.443 e. The highest BCUT2D eigenvalue weighted by Gasteiger charge is 2.23. The van der Waals surface area contributed by atoms with E-state index in [1.54, 1.807) is 34.8 Å². The lowest BCUT2D eigenvalue weighted by atomic mass is 10.2. The number of rotatable bonds is 3. The lowest BCUT2D eigenvalue weighted by Gasteiger charge is -2.27. The number of nitrogens with zero attached hydrogens (tertiary/aromatic N) is 1. The zero-order valence-electron chi connectivity index (χ0n) is 9.53. The van der Waals surface area contributed by atoms with E-state index in [-0.39, 0.29) is 6.04 Å². The largest absolute Gasteiger partial charge is 0.443 e. The minimum atomic E-state index is -0.540. The van der Waals surface area contributed by atoms with Gasteiger partial charge in [-0.25, -0.2) is 15.6 Å². The maximum Gasteiger partial charge on any atom is 0.424 e. The summed E-state index contributed by atoms with van der Waals surface area (Å²) < 4.78 is 9.95. The second kappa shape index (κ2) is 5.17. The second-order valence-corrected chi connectivity index (χ2v) is 4.19. The van der Waals surface area contributed by atoms with E-state index in [1.807, 2.05) is 0 Å². The third-order valence-electron chi connectivity index (χ3n) is 1.49. The van der Waals surface area contributed by atoms with Crippen molar-refractivity contribution in [2.75, 3.05) is 13.7 Å². The number of ether oxygens (including phenoxy) is 2. The molecule has 1 atom stereocenters. The number of amides is 1. The van der Waals surface area contributed by atoms with Crippen LogP contribution < -0.4 is 5.84 Å². The smallest absolute Gasteiger partial charge is 0.424 e. The Morgan fingerprint density at radius 3 is 2.36 bits per heavy atom. The van der Waals surface area contributed by atoms with Gasteiger partial charge in [0.1, 0.15) is 5.60 Å². The van der Waals surface area contributed by atoms with Crippen molar-refractivity contribution in [2.45, 2.75) is 39.3 Å². The van der Waals surface area contributed by atoms with Gasteiger partial charge in [-0.3, -0.25) is 0 Å². The molecule has 0 aliphatic carbocycles. The van der Waals surface area contributed by atoms with E-state index < -0.39 is 11.7 Å². The van der Waals surface area contributed by atoms with Crippen LogP contribution in [0.2, 0.25) is 0 Å². The molecular weight excluding hydrogens is 184 g/mol. The summed E-state index contributed by atoms with van der Waals surface area (Å²) in [6, 6.07) is -0.199. The molecule has 0 saturated heterocycles. The summed E-state index contributed by atoms with van der Waals surface area (Å²) in [4.78, 5) is 11.4.